The van der Waals surface area contributed by atoms with E-state index in [1.807, 2.05) is 54.6 Å². The molecule has 40 heavy (non-hydrogen) atoms. The molecule has 2 aromatic carbocycles. The summed E-state index contributed by atoms with van der Waals surface area (Å²) in [5.41, 5.74) is 7.86. The van der Waals surface area contributed by atoms with Crippen LogP contribution in [-0.2, 0) is 20.9 Å². The van der Waals surface area contributed by atoms with Crippen LogP contribution in [0.15, 0.2) is 65.3 Å². The number of ether oxygens (including phenoxy) is 1. The Morgan fingerprint density at radius 1 is 1.18 bits per heavy atom. The van der Waals surface area contributed by atoms with E-state index in [1.54, 1.807) is 19.1 Å². The Morgan fingerprint density at radius 3 is 2.45 bits per heavy atom. The average Bonchev–Trinajstić information content (AvgIpc) is 2.98. The molecule has 2 amide bonds. The predicted molar refractivity (Wildman–Crippen MR) is 155 cm³/mol. The van der Waals surface area contributed by atoms with Crippen molar-refractivity contribution in [2.24, 2.45) is 10.7 Å². The highest BCUT2D eigenvalue weighted by molar-refractivity contribution is 6.47. The molecular weight excluding hydrogens is 508 g/mol. The Hall–Kier alpha value is -3.86. The number of nitrogens with two attached hydrogens (primary N) is 1. The minimum atomic E-state index is -1.19. The third kappa shape index (κ3) is 6.64. The van der Waals surface area contributed by atoms with Gasteiger partial charge in [0.25, 0.3) is 5.91 Å². The van der Waals surface area contributed by atoms with E-state index < -0.39 is 11.5 Å². The fourth-order valence-electron chi connectivity index (χ4n) is 5.19. The van der Waals surface area contributed by atoms with Gasteiger partial charge in [-0.25, -0.2) is 4.99 Å². The van der Waals surface area contributed by atoms with E-state index in [1.165, 1.54) is 11.2 Å². The van der Waals surface area contributed by atoms with Gasteiger partial charge in [-0.05, 0) is 29.5 Å². The summed E-state index contributed by atoms with van der Waals surface area (Å²) in [6, 6.07) is 17.4. The number of hydrogen-bond donors (Lipinski definition) is 4. The first-order valence-corrected chi connectivity index (χ1v) is 13.5. The molecule has 4 rings (SSSR count). The molecule has 5 N–H and O–H groups in total. The highest BCUT2D eigenvalue weighted by atomic mass is 16.5. The van der Waals surface area contributed by atoms with E-state index in [4.69, 9.17) is 15.9 Å². The molecule has 10 heteroatoms. The lowest BCUT2D eigenvalue weighted by Crippen LogP contribution is -2.54. The van der Waals surface area contributed by atoms with Gasteiger partial charge in [0.2, 0.25) is 5.91 Å². The predicted octanol–water partition coefficient (Wildman–Crippen LogP) is 2.10. The number of nitrogens with zero attached hydrogens (tertiary/aromatic N) is 3. The number of likely N-dealkylation sites (tertiary alicyclic amines) is 1. The molecule has 2 aliphatic heterocycles. The van der Waals surface area contributed by atoms with Gasteiger partial charge < -0.3 is 25.8 Å². The van der Waals surface area contributed by atoms with E-state index in [-0.39, 0.29) is 29.8 Å². The summed E-state index contributed by atoms with van der Waals surface area (Å²) in [5, 5.41) is 22.9. The quantitative estimate of drug-likeness (QED) is 0.359. The van der Waals surface area contributed by atoms with Crippen LogP contribution in [0, 0.1) is 5.41 Å². The normalized spacial score (nSPS) is 19.0. The summed E-state index contributed by atoms with van der Waals surface area (Å²) in [6.45, 7) is 1.64. The zero-order valence-corrected chi connectivity index (χ0v) is 23.1. The second-order valence-corrected chi connectivity index (χ2v) is 10.3. The van der Waals surface area contributed by atoms with Crippen LogP contribution in [0.3, 0.4) is 0 Å². The largest absolute Gasteiger partial charge is 0.388 e. The van der Waals surface area contributed by atoms with Crippen LogP contribution in [0.2, 0.25) is 0 Å². The third-order valence-electron chi connectivity index (χ3n) is 7.57. The maximum Gasteiger partial charge on any atom is 0.279 e. The van der Waals surface area contributed by atoms with Gasteiger partial charge in [0.05, 0.1) is 30.8 Å². The van der Waals surface area contributed by atoms with Gasteiger partial charge in [-0.15, -0.1) is 0 Å². The van der Waals surface area contributed by atoms with Crippen LogP contribution in [0.1, 0.15) is 41.9 Å². The van der Waals surface area contributed by atoms with Gasteiger partial charge in [0.1, 0.15) is 11.4 Å². The Labute approximate surface area is 235 Å². The number of aliphatic hydroxyl groups is 1. The summed E-state index contributed by atoms with van der Waals surface area (Å²) in [4.78, 5) is 33.7. The first-order valence-electron chi connectivity index (χ1n) is 13.5. The fourth-order valence-corrected chi connectivity index (χ4v) is 5.19. The molecule has 1 saturated heterocycles. The third-order valence-corrected chi connectivity index (χ3v) is 7.57. The zero-order chi connectivity index (χ0) is 28.7. The number of carbonyl (C=O) groups excluding carboxylic acids is 2. The number of piperidine rings is 1. The molecular formula is C30H38N6O4. The van der Waals surface area contributed by atoms with Crippen LogP contribution in [0.4, 0.5) is 0 Å². The van der Waals surface area contributed by atoms with Gasteiger partial charge in [0, 0.05) is 46.1 Å². The number of nitrogens with one attached hydrogen (secondary N) is 2. The number of carbonyl (C=O) groups is 2. The van der Waals surface area contributed by atoms with E-state index in [0.717, 1.165) is 16.7 Å². The van der Waals surface area contributed by atoms with Crippen molar-refractivity contribution in [2.75, 3.05) is 40.4 Å². The van der Waals surface area contributed by atoms with Crippen molar-refractivity contribution in [3.63, 3.8) is 0 Å². The van der Waals surface area contributed by atoms with E-state index in [0.29, 0.717) is 51.2 Å². The zero-order valence-electron chi connectivity index (χ0n) is 23.1. The molecule has 2 heterocycles. The van der Waals surface area contributed by atoms with Crippen molar-refractivity contribution < 1.29 is 19.4 Å². The first-order chi connectivity index (χ1) is 19.3. The number of aliphatic imine (C=N–C) groups is 1. The SMILES string of the molecule is CN/C(=C1/N=CN(CC2(O)CCN(C(=O)CC(COC)c3ccccc3)CC2)C(=O)C1=N)c1ccc(CN)cc1. The van der Waals surface area contributed by atoms with Crippen LogP contribution >= 0.6 is 0 Å². The van der Waals surface area contributed by atoms with E-state index in [2.05, 4.69) is 10.3 Å². The van der Waals surface area contributed by atoms with Crippen LogP contribution in [0.5, 0.6) is 0 Å². The fraction of sp³-hybridized carbons (Fsp3) is 0.400. The van der Waals surface area contributed by atoms with Crippen molar-refractivity contribution in [3.8, 4) is 0 Å². The lowest BCUT2D eigenvalue weighted by molar-refractivity contribution is -0.137. The number of methoxy groups -OCH3 is 1. The summed E-state index contributed by atoms with van der Waals surface area (Å²) < 4.78 is 5.36. The van der Waals surface area contributed by atoms with E-state index >= 15 is 0 Å². The lowest BCUT2D eigenvalue weighted by atomic mass is 9.89. The maximum atomic E-state index is 13.1. The van der Waals surface area contributed by atoms with Crippen molar-refractivity contribution in [3.05, 3.63) is 77.0 Å². The number of benzene rings is 2. The molecule has 0 bridgehead atoms. The molecule has 1 fully saturated rings. The minimum Gasteiger partial charge on any atom is -0.388 e. The second-order valence-electron chi connectivity index (χ2n) is 10.3. The van der Waals surface area contributed by atoms with Crippen LogP contribution < -0.4 is 11.1 Å². The molecule has 10 nitrogen and oxygen atoms in total. The van der Waals surface area contributed by atoms with Crippen molar-refractivity contribution in [1.82, 2.24) is 15.1 Å². The number of rotatable bonds is 10. The number of β-amino-alcohol motifs (C(OH)–C–C–N with tert-alkyl or cyclic N) is 1. The standard InChI is InChI=1S/C30H38N6O4/c1-33-27(23-10-8-21(17-31)9-11-23)28-26(32)29(38)36(20-34-28)19-30(39)12-14-35(15-13-30)25(37)16-24(18-40-2)22-6-4-3-5-7-22/h3-11,20,24,32-33,39H,12-19,31H2,1-2H3/b28-27+,32-26?. The average molecular weight is 547 g/mol. The molecule has 1 atom stereocenters. The Bertz CT molecular complexity index is 1270. The number of hydrogen-bond acceptors (Lipinski definition) is 8. The van der Waals surface area contributed by atoms with Gasteiger partial charge in [-0.1, -0.05) is 54.6 Å². The smallest absolute Gasteiger partial charge is 0.279 e. The molecule has 0 saturated carbocycles. The van der Waals surface area contributed by atoms with Gasteiger partial charge in [0.15, 0.2) is 0 Å². The van der Waals surface area contributed by atoms with E-state index in [9.17, 15) is 14.7 Å². The minimum absolute atomic E-state index is 0.00340. The second kappa shape index (κ2) is 13.0. The molecule has 0 spiro atoms. The topological polar surface area (TPSA) is 144 Å². The highest BCUT2D eigenvalue weighted by Crippen LogP contribution is 2.28. The van der Waals surface area contributed by atoms with Gasteiger partial charge in [-0.3, -0.25) is 19.9 Å². The van der Waals surface area contributed by atoms with Gasteiger partial charge in [-0.2, -0.15) is 0 Å². The molecule has 0 aromatic heterocycles. The molecule has 2 aliphatic rings. The summed E-state index contributed by atoms with van der Waals surface area (Å²) in [7, 11) is 3.35. The van der Waals surface area contributed by atoms with Crippen molar-refractivity contribution >= 4 is 29.6 Å². The Kier molecular flexibility index (Phi) is 9.46. The molecule has 212 valence electrons. The molecule has 1 unspecified atom stereocenters. The monoisotopic (exact) mass is 546 g/mol. The molecule has 0 aliphatic carbocycles. The maximum absolute atomic E-state index is 13.1. The van der Waals surface area contributed by atoms with Gasteiger partial charge >= 0.3 is 0 Å². The van der Waals surface area contributed by atoms with Crippen molar-refractivity contribution in [1.29, 1.82) is 5.41 Å². The van der Waals surface area contributed by atoms with Crippen LogP contribution in [-0.4, -0.2) is 84.8 Å². The summed E-state index contributed by atoms with van der Waals surface area (Å²) in [5.74, 6) is -0.566. The molecule has 0 radical (unpaired) electrons. The summed E-state index contributed by atoms with van der Waals surface area (Å²) >= 11 is 0. The van der Waals surface area contributed by atoms with Crippen molar-refractivity contribution in [2.45, 2.75) is 37.3 Å². The molecule has 2 aromatic rings. The highest BCUT2D eigenvalue weighted by Gasteiger charge is 2.39. The summed E-state index contributed by atoms with van der Waals surface area (Å²) in [6.07, 6.45) is 2.35. The van der Waals surface area contributed by atoms with Crippen LogP contribution in [0.25, 0.3) is 5.70 Å². The Balaban J connectivity index is 1.39. The number of amides is 2. The lowest BCUT2D eigenvalue weighted by Gasteiger charge is -2.40. The first kappa shape index (κ1) is 29.1. The Morgan fingerprint density at radius 2 is 1.85 bits per heavy atom.